The topological polar surface area (TPSA) is 72.3 Å². The van der Waals surface area contributed by atoms with Crippen LogP contribution in [0.2, 0.25) is 0 Å². The zero-order valence-electron chi connectivity index (χ0n) is 15.5. The first-order valence-corrected chi connectivity index (χ1v) is 10.5. The number of carbonyl (C=O) groups excluding carboxylic acids is 1. The van der Waals surface area contributed by atoms with Crippen molar-refractivity contribution in [2.24, 2.45) is 11.5 Å². The van der Waals surface area contributed by atoms with E-state index in [0.717, 1.165) is 38.6 Å². The normalized spacial score (nSPS) is 19.0. The fourth-order valence-corrected chi connectivity index (χ4v) is 4.74. The molecule has 5 heteroatoms. The molecule has 1 aliphatic rings. The van der Waals surface area contributed by atoms with Gasteiger partial charge in [0.25, 0.3) is 0 Å². The molecule has 2 rings (SSSR count). The van der Waals surface area contributed by atoms with E-state index in [-0.39, 0.29) is 6.03 Å². The van der Waals surface area contributed by atoms with E-state index in [1.165, 1.54) is 29.7 Å². The van der Waals surface area contributed by atoms with E-state index in [9.17, 15) is 4.79 Å². The number of hydrogen-bond donors (Lipinski definition) is 2. The van der Waals surface area contributed by atoms with Crippen molar-refractivity contribution in [3.63, 3.8) is 0 Å². The van der Waals surface area contributed by atoms with Crippen LogP contribution in [-0.4, -0.2) is 35.3 Å². The van der Waals surface area contributed by atoms with Crippen LogP contribution < -0.4 is 11.5 Å². The molecule has 1 saturated heterocycles. The first-order valence-electron chi connectivity index (χ1n) is 9.65. The number of benzene rings is 1. The molecule has 2 unspecified atom stereocenters. The Labute approximate surface area is 156 Å². The Morgan fingerprint density at radius 3 is 2.72 bits per heavy atom. The monoisotopic (exact) mass is 363 g/mol. The molecule has 2 atom stereocenters. The van der Waals surface area contributed by atoms with E-state index < -0.39 is 0 Å². The number of likely N-dealkylation sites (tertiary alicyclic amines) is 1. The summed E-state index contributed by atoms with van der Waals surface area (Å²) in [5.41, 5.74) is 12.4. The van der Waals surface area contributed by atoms with Gasteiger partial charge in [-0.3, -0.25) is 0 Å². The second-order valence-corrected chi connectivity index (χ2v) is 8.32. The molecule has 25 heavy (non-hydrogen) atoms. The molecule has 140 valence electrons. The molecule has 1 aliphatic heterocycles. The first-order chi connectivity index (χ1) is 12.1. The third-order valence-electron chi connectivity index (χ3n) is 5.09. The maximum Gasteiger partial charge on any atom is 0.315 e. The first kappa shape index (κ1) is 20.1. The Balaban J connectivity index is 1.78. The molecule has 4 nitrogen and oxygen atoms in total. The van der Waals surface area contributed by atoms with Crippen molar-refractivity contribution in [1.29, 1.82) is 0 Å². The van der Waals surface area contributed by atoms with Gasteiger partial charge in [-0.05, 0) is 69.2 Å². The third-order valence-corrected chi connectivity index (χ3v) is 6.53. The standard InChI is InChI=1S/C20H33N3OS/c1-2-18(25-19-11-9-16(10-12-19)13-14-21)8-5-7-17-6-3-4-15-23(17)20(22)24/h9-12,17-18H,2-8,13-15,21H2,1H3,(H2,22,24). The van der Waals surface area contributed by atoms with Gasteiger partial charge in [-0.2, -0.15) is 0 Å². The van der Waals surface area contributed by atoms with Gasteiger partial charge in [0.05, 0.1) is 0 Å². The summed E-state index contributed by atoms with van der Waals surface area (Å²) in [5, 5.41) is 0.631. The lowest BCUT2D eigenvalue weighted by atomic mass is 9.97. The van der Waals surface area contributed by atoms with Crippen LogP contribution in [0.25, 0.3) is 0 Å². The summed E-state index contributed by atoms with van der Waals surface area (Å²) in [4.78, 5) is 14.8. The minimum absolute atomic E-state index is 0.247. The lowest BCUT2D eigenvalue weighted by Crippen LogP contribution is -2.46. The lowest BCUT2D eigenvalue weighted by molar-refractivity contribution is 0.153. The summed E-state index contributed by atoms with van der Waals surface area (Å²) in [6, 6.07) is 8.92. The number of piperidine rings is 1. The van der Waals surface area contributed by atoms with Crippen LogP contribution in [0.1, 0.15) is 57.4 Å². The Kier molecular flexibility index (Phi) is 8.62. The van der Waals surface area contributed by atoms with Crippen LogP contribution in [0.5, 0.6) is 0 Å². The van der Waals surface area contributed by atoms with Gasteiger partial charge in [0.15, 0.2) is 0 Å². The summed E-state index contributed by atoms with van der Waals surface area (Å²) in [6.45, 7) is 3.80. The summed E-state index contributed by atoms with van der Waals surface area (Å²) >= 11 is 1.97. The Hall–Kier alpha value is -1.20. The predicted molar refractivity (Wildman–Crippen MR) is 107 cm³/mol. The van der Waals surface area contributed by atoms with E-state index in [0.29, 0.717) is 17.8 Å². The molecule has 1 heterocycles. The fraction of sp³-hybridized carbons (Fsp3) is 0.650. The highest BCUT2D eigenvalue weighted by molar-refractivity contribution is 8.00. The zero-order valence-corrected chi connectivity index (χ0v) is 16.3. The van der Waals surface area contributed by atoms with Gasteiger partial charge in [-0.25, -0.2) is 4.79 Å². The second-order valence-electron chi connectivity index (χ2n) is 6.94. The minimum Gasteiger partial charge on any atom is -0.351 e. The van der Waals surface area contributed by atoms with Gasteiger partial charge in [-0.1, -0.05) is 25.5 Å². The van der Waals surface area contributed by atoms with Crippen molar-refractivity contribution < 1.29 is 4.79 Å². The number of nitrogens with two attached hydrogens (primary N) is 2. The third kappa shape index (κ3) is 6.55. The maximum absolute atomic E-state index is 11.6. The largest absolute Gasteiger partial charge is 0.351 e. The van der Waals surface area contributed by atoms with Gasteiger partial charge in [0, 0.05) is 22.7 Å². The van der Waals surface area contributed by atoms with E-state index >= 15 is 0 Å². The Morgan fingerprint density at radius 1 is 1.32 bits per heavy atom. The summed E-state index contributed by atoms with van der Waals surface area (Å²) in [5.74, 6) is 0. The smallest absolute Gasteiger partial charge is 0.315 e. The fourth-order valence-electron chi connectivity index (χ4n) is 3.61. The number of hydrogen-bond acceptors (Lipinski definition) is 3. The Bertz CT molecular complexity index is 520. The van der Waals surface area contributed by atoms with Crippen LogP contribution in [0.3, 0.4) is 0 Å². The van der Waals surface area contributed by atoms with Crippen molar-refractivity contribution in [3.8, 4) is 0 Å². The highest BCUT2D eigenvalue weighted by atomic mass is 32.2. The molecule has 2 amide bonds. The molecule has 0 spiro atoms. The van der Waals surface area contributed by atoms with E-state index in [1.807, 2.05) is 16.7 Å². The van der Waals surface area contributed by atoms with Gasteiger partial charge >= 0.3 is 6.03 Å². The number of nitrogens with zero attached hydrogens (tertiary/aromatic N) is 1. The summed E-state index contributed by atoms with van der Waals surface area (Å²) in [6.07, 6.45) is 8.95. The molecule has 4 N–H and O–H groups in total. The molecule has 0 bridgehead atoms. The number of carbonyl (C=O) groups is 1. The highest BCUT2D eigenvalue weighted by Crippen LogP contribution is 2.30. The molecular formula is C20H33N3OS. The van der Waals surface area contributed by atoms with Crippen molar-refractivity contribution in [2.75, 3.05) is 13.1 Å². The average molecular weight is 364 g/mol. The van der Waals surface area contributed by atoms with Crippen LogP contribution in [-0.2, 0) is 6.42 Å². The molecule has 0 aliphatic carbocycles. The maximum atomic E-state index is 11.6. The number of urea groups is 1. The SMILES string of the molecule is CCC(CCCC1CCCCN1C(N)=O)Sc1ccc(CCN)cc1. The molecule has 1 aromatic rings. The Morgan fingerprint density at radius 2 is 2.08 bits per heavy atom. The van der Waals surface area contributed by atoms with Gasteiger partial charge in [0.2, 0.25) is 0 Å². The quantitative estimate of drug-likeness (QED) is 0.647. The van der Waals surface area contributed by atoms with Crippen LogP contribution >= 0.6 is 11.8 Å². The predicted octanol–water partition coefficient (Wildman–Crippen LogP) is 4.16. The van der Waals surface area contributed by atoms with Gasteiger partial charge < -0.3 is 16.4 Å². The van der Waals surface area contributed by atoms with Crippen LogP contribution in [0.4, 0.5) is 4.79 Å². The van der Waals surface area contributed by atoms with Crippen molar-refractivity contribution >= 4 is 17.8 Å². The summed E-state index contributed by atoms with van der Waals surface area (Å²) in [7, 11) is 0. The van der Waals surface area contributed by atoms with Gasteiger partial charge in [-0.15, -0.1) is 11.8 Å². The molecule has 0 saturated carbocycles. The van der Waals surface area contributed by atoms with E-state index in [1.54, 1.807) is 0 Å². The number of primary amides is 1. The number of amides is 2. The second kappa shape index (κ2) is 10.7. The summed E-state index contributed by atoms with van der Waals surface area (Å²) < 4.78 is 0. The van der Waals surface area contributed by atoms with Crippen molar-refractivity contribution in [3.05, 3.63) is 29.8 Å². The molecule has 1 aromatic carbocycles. The lowest BCUT2D eigenvalue weighted by Gasteiger charge is -2.34. The average Bonchev–Trinajstić information content (AvgIpc) is 2.63. The molecule has 0 radical (unpaired) electrons. The van der Waals surface area contributed by atoms with Crippen LogP contribution in [0.15, 0.2) is 29.2 Å². The minimum atomic E-state index is -0.247. The van der Waals surface area contributed by atoms with Gasteiger partial charge in [0.1, 0.15) is 0 Å². The number of rotatable bonds is 9. The molecular weight excluding hydrogens is 330 g/mol. The van der Waals surface area contributed by atoms with E-state index in [4.69, 9.17) is 11.5 Å². The zero-order chi connectivity index (χ0) is 18.1. The number of thioether (sulfide) groups is 1. The molecule has 1 fully saturated rings. The van der Waals surface area contributed by atoms with Crippen molar-refractivity contribution in [2.45, 2.75) is 74.5 Å². The molecule has 0 aromatic heterocycles. The van der Waals surface area contributed by atoms with Crippen LogP contribution in [0, 0.1) is 0 Å². The van der Waals surface area contributed by atoms with Crippen molar-refractivity contribution in [1.82, 2.24) is 4.90 Å². The highest BCUT2D eigenvalue weighted by Gasteiger charge is 2.24. The van der Waals surface area contributed by atoms with E-state index in [2.05, 4.69) is 31.2 Å².